The maximum absolute atomic E-state index is 12.5. The van der Waals surface area contributed by atoms with Crippen LogP contribution in [-0.2, 0) is 0 Å². The van der Waals surface area contributed by atoms with Crippen LogP contribution >= 0.6 is 0 Å². The second-order valence-corrected chi connectivity index (χ2v) is 8.96. The molecule has 4 N–H and O–H groups in total. The molecule has 0 aliphatic rings. The number of unbranched alkanes of at least 4 members (excludes halogenated alkanes) is 1. The Kier molecular flexibility index (Phi) is 14.8. The first-order valence-electron chi connectivity index (χ1n) is 10.8. The Hall–Kier alpha value is -1.55. The van der Waals surface area contributed by atoms with E-state index in [1.54, 1.807) is 19.1 Å². The summed E-state index contributed by atoms with van der Waals surface area (Å²) < 4.78 is 12.5. The van der Waals surface area contributed by atoms with Gasteiger partial charge in [0.15, 0.2) is 0 Å². The van der Waals surface area contributed by atoms with Crippen LogP contribution in [0.25, 0.3) is 0 Å². The van der Waals surface area contributed by atoms with Gasteiger partial charge in [-0.3, -0.25) is 0 Å². The van der Waals surface area contributed by atoms with Crippen LogP contribution in [0.5, 0.6) is 0 Å². The Balaban J connectivity index is 0. The number of nitrogens with two attached hydrogens (primary N) is 1. The summed E-state index contributed by atoms with van der Waals surface area (Å²) in [5.41, 5.74) is 7.19. The molecule has 0 unspecified atom stereocenters. The Labute approximate surface area is 180 Å². The number of nitrogen functional groups attached to an aromatic ring is 1. The highest BCUT2D eigenvalue weighted by molar-refractivity contribution is 5.39. The smallest absolute Gasteiger partial charge is 0.128 e. The number of benzene rings is 1. The molecule has 4 heteroatoms. The molecule has 170 valence electrons. The maximum Gasteiger partial charge on any atom is 0.128 e. The first kappa shape index (κ1) is 29.6. The van der Waals surface area contributed by atoms with Gasteiger partial charge in [0.05, 0.1) is 5.60 Å². The van der Waals surface area contributed by atoms with Gasteiger partial charge < -0.3 is 16.2 Å². The zero-order chi connectivity index (χ0) is 23.3. The predicted molar refractivity (Wildman–Crippen MR) is 127 cm³/mol. The van der Waals surface area contributed by atoms with E-state index in [4.69, 9.17) is 5.73 Å². The molecule has 0 aliphatic heterocycles. The summed E-state index contributed by atoms with van der Waals surface area (Å²) in [7, 11) is 2.00. The molecule has 0 spiro atoms. The minimum absolute atomic E-state index is 0.00694. The van der Waals surface area contributed by atoms with Crippen LogP contribution < -0.4 is 11.1 Å². The molecule has 0 radical (unpaired) electrons. The zero-order valence-corrected chi connectivity index (χ0v) is 20.6. The van der Waals surface area contributed by atoms with E-state index in [0.29, 0.717) is 17.2 Å². The van der Waals surface area contributed by atoms with Gasteiger partial charge in [0.1, 0.15) is 5.82 Å². The zero-order valence-electron chi connectivity index (χ0n) is 20.6. The maximum atomic E-state index is 12.5. The van der Waals surface area contributed by atoms with Crippen LogP contribution in [0.1, 0.15) is 86.6 Å². The monoisotopic (exact) mass is 410 g/mol. The van der Waals surface area contributed by atoms with Crippen molar-refractivity contribution in [2.24, 2.45) is 11.3 Å². The van der Waals surface area contributed by atoms with Gasteiger partial charge in [0, 0.05) is 18.4 Å². The fourth-order valence-corrected chi connectivity index (χ4v) is 2.23. The van der Waals surface area contributed by atoms with Gasteiger partial charge >= 0.3 is 0 Å². The van der Waals surface area contributed by atoms with E-state index in [1.807, 2.05) is 20.9 Å². The third-order valence-corrected chi connectivity index (χ3v) is 5.74. The number of hydrogen-bond acceptors (Lipinski definition) is 3. The van der Waals surface area contributed by atoms with Crippen LogP contribution in [0.15, 0.2) is 30.0 Å². The molecule has 0 saturated heterocycles. The lowest BCUT2D eigenvalue weighted by Gasteiger charge is -2.40. The van der Waals surface area contributed by atoms with Crippen LogP contribution in [-0.4, -0.2) is 17.8 Å². The summed E-state index contributed by atoms with van der Waals surface area (Å²) >= 11 is 0. The summed E-state index contributed by atoms with van der Waals surface area (Å²) in [6.07, 6.45) is 7.17. The molecule has 1 aromatic carbocycles. The van der Waals surface area contributed by atoms with E-state index in [9.17, 15) is 9.50 Å². The molecule has 0 atom stereocenters. The number of aryl methyl sites for hydroxylation is 1. The van der Waals surface area contributed by atoms with E-state index in [2.05, 4.69) is 52.9 Å². The van der Waals surface area contributed by atoms with Crippen molar-refractivity contribution in [3.05, 3.63) is 41.4 Å². The van der Waals surface area contributed by atoms with Gasteiger partial charge in [0.25, 0.3) is 0 Å². The Morgan fingerprint density at radius 1 is 1.17 bits per heavy atom. The van der Waals surface area contributed by atoms with Crippen molar-refractivity contribution in [2.45, 2.75) is 93.6 Å². The first-order valence-corrected chi connectivity index (χ1v) is 10.8. The summed E-state index contributed by atoms with van der Waals surface area (Å²) in [6, 6.07) is 4.65. The van der Waals surface area contributed by atoms with E-state index in [1.165, 1.54) is 37.4 Å². The van der Waals surface area contributed by atoms with Crippen molar-refractivity contribution >= 4 is 5.69 Å². The average molecular weight is 411 g/mol. The van der Waals surface area contributed by atoms with Gasteiger partial charge in [-0.1, -0.05) is 66.5 Å². The summed E-state index contributed by atoms with van der Waals surface area (Å²) in [5.74, 6) is 0.266. The fraction of sp³-hybridized carbons (Fsp3) is 0.680. The summed E-state index contributed by atoms with van der Waals surface area (Å²) in [5, 5.41) is 12.9. The SMILES string of the molecule is CC(C)C(C)(C)C(C)(C)O.CCC/C=C(\CCC)NC.Cc1ccc(N)cc1F. The van der Waals surface area contributed by atoms with Crippen LogP contribution in [0.3, 0.4) is 0 Å². The minimum Gasteiger partial charge on any atom is -0.399 e. The molecular weight excluding hydrogens is 363 g/mol. The average Bonchev–Trinajstić information content (AvgIpc) is 2.62. The molecule has 0 fully saturated rings. The third-order valence-electron chi connectivity index (χ3n) is 5.74. The quantitative estimate of drug-likeness (QED) is 0.431. The highest BCUT2D eigenvalue weighted by Crippen LogP contribution is 2.37. The number of nitrogens with one attached hydrogen (secondary N) is 1. The second kappa shape index (κ2) is 14.4. The molecule has 1 aromatic rings. The lowest BCUT2D eigenvalue weighted by atomic mass is 9.69. The lowest BCUT2D eigenvalue weighted by Crippen LogP contribution is -2.42. The van der Waals surface area contributed by atoms with Crippen molar-refractivity contribution in [3.8, 4) is 0 Å². The van der Waals surface area contributed by atoms with Gasteiger partial charge in [-0.15, -0.1) is 0 Å². The van der Waals surface area contributed by atoms with Gasteiger partial charge in [-0.2, -0.15) is 0 Å². The van der Waals surface area contributed by atoms with E-state index < -0.39 is 5.60 Å². The van der Waals surface area contributed by atoms with Crippen molar-refractivity contribution < 1.29 is 9.50 Å². The van der Waals surface area contributed by atoms with Crippen LogP contribution in [0, 0.1) is 24.1 Å². The second-order valence-electron chi connectivity index (χ2n) is 8.96. The molecule has 0 heterocycles. The predicted octanol–water partition coefficient (Wildman–Crippen LogP) is 6.85. The molecule has 0 saturated carbocycles. The molecule has 0 aromatic heterocycles. The molecular formula is C25H47FN2O. The van der Waals surface area contributed by atoms with Crippen LogP contribution in [0.4, 0.5) is 10.1 Å². The first-order chi connectivity index (χ1) is 13.2. The topological polar surface area (TPSA) is 58.3 Å². The van der Waals surface area contributed by atoms with Crippen molar-refractivity contribution in [3.63, 3.8) is 0 Å². The van der Waals surface area contributed by atoms with E-state index >= 15 is 0 Å². The highest BCUT2D eigenvalue weighted by atomic mass is 19.1. The molecule has 29 heavy (non-hydrogen) atoms. The van der Waals surface area contributed by atoms with Crippen LogP contribution in [0.2, 0.25) is 0 Å². The summed E-state index contributed by atoms with van der Waals surface area (Å²) in [6.45, 7) is 18.3. The summed E-state index contributed by atoms with van der Waals surface area (Å²) in [4.78, 5) is 0. The number of allylic oxidation sites excluding steroid dienone is 2. The Morgan fingerprint density at radius 3 is 2.00 bits per heavy atom. The Bertz CT molecular complexity index is 587. The highest BCUT2D eigenvalue weighted by Gasteiger charge is 2.37. The number of halogens is 1. The molecule has 0 bridgehead atoms. The van der Waals surface area contributed by atoms with Gasteiger partial charge in [-0.25, -0.2) is 4.39 Å². The van der Waals surface area contributed by atoms with E-state index in [-0.39, 0.29) is 11.2 Å². The minimum atomic E-state index is -0.582. The molecule has 1 rings (SSSR count). The molecule has 0 aliphatic carbocycles. The van der Waals surface area contributed by atoms with Crippen molar-refractivity contribution in [2.75, 3.05) is 12.8 Å². The third kappa shape index (κ3) is 12.6. The Morgan fingerprint density at radius 2 is 1.72 bits per heavy atom. The van der Waals surface area contributed by atoms with Crippen molar-refractivity contribution in [1.82, 2.24) is 5.32 Å². The fourth-order valence-electron chi connectivity index (χ4n) is 2.23. The van der Waals surface area contributed by atoms with Crippen molar-refractivity contribution in [1.29, 1.82) is 0 Å². The number of hydrogen-bond donors (Lipinski definition) is 3. The van der Waals surface area contributed by atoms with E-state index in [0.717, 1.165) is 0 Å². The van der Waals surface area contributed by atoms with Gasteiger partial charge in [-0.05, 0) is 62.6 Å². The number of rotatable bonds is 7. The lowest BCUT2D eigenvalue weighted by molar-refractivity contribution is -0.0604. The molecule has 3 nitrogen and oxygen atoms in total. The standard InChI is InChI=1S/C9H19N.C9H20O.C7H8FN/c1-4-6-8-9(10-3)7-5-2;1-7(2)8(3,4)9(5,6)10;1-5-2-3-6(9)4-7(5)8/h8,10H,4-7H2,1-3H3;7,10H,1-6H3;2-4H,9H2,1H3/b9-8+;;. The largest absolute Gasteiger partial charge is 0.399 e. The number of anilines is 1. The van der Waals surface area contributed by atoms with Gasteiger partial charge in [0.2, 0.25) is 0 Å². The normalized spacial score (nSPS) is 12.0. The number of aliphatic hydroxyl groups is 1. The molecule has 0 amide bonds.